The molecule has 0 spiro atoms. The highest BCUT2D eigenvalue weighted by Crippen LogP contribution is 2.20. The molecule has 8 heteroatoms. The van der Waals surface area contributed by atoms with Gasteiger partial charge in [0.15, 0.2) is 0 Å². The van der Waals surface area contributed by atoms with Crippen molar-refractivity contribution >= 4 is 34.9 Å². The van der Waals surface area contributed by atoms with Crippen LogP contribution in [0.15, 0.2) is 36.4 Å². The molecule has 0 aromatic heterocycles. The van der Waals surface area contributed by atoms with Gasteiger partial charge in [-0.25, -0.2) is 9.59 Å². The van der Waals surface area contributed by atoms with Crippen LogP contribution in [0.5, 0.6) is 0 Å². The molecule has 0 unspecified atom stereocenters. The molecule has 0 saturated heterocycles. The van der Waals surface area contributed by atoms with E-state index in [1.54, 1.807) is 12.1 Å². The van der Waals surface area contributed by atoms with Gasteiger partial charge in [0.1, 0.15) is 11.2 Å². The van der Waals surface area contributed by atoms with Gasteiger partial charge in [-0.15, -0.1) is 0 Å². The Morgan fingerprint density at radius 3 is 1.26 bits per heavy atom. The van der Waals surface area contributed by atoms with E-state index < -0.39 is 23.4 Å². The summed E-state index contributed by atoms with van der Waals surface area (Å²) in [6.07, 6.45) is 0.805. The number of anilines is 4. The van der Waals surface area contributed by atoms with Gasteiger partial charge in [0.2, 0.25) is 0 Å². The van der Waals surface area contributed by atoms with Crippen molar-refractivity contribution in [1.82, 2.24) is 0 Å². The molecule has 0 radical (unpaired) electrons. The van der Waals surface area contributed by atoms with Crippen LogP contribution in [-0.2, 0) is 22.3 Å². The second-order valence-corrected chi connectivity index (χ2v) is 9.79. The van der Waals surface area contributed by atoms with Gasteiger partial charge in [0, 0.05) is 22.7 Å². The number of aryl methyl sites for hydroxylation is 2. The number of ether oxygens (including phenoxy) is 2. The van der Waals surface area contributed by atoms with Crippen LogP contribution in [0.3, 0.4) is 0 Å². The standard InChI is InChI=1S/2C13H20N2O2/c2*1-5-9-6-7-10(8-11(9)14)15-12(16)17-13(2,3)4/h2*6-8H,5,14H2,1-4H3,(H,15,16). The highest BCUT2D eigenvalue weighted by molar-refractivity contribution is 5.86. The number of nitrogens with one attached hydrogen (secondary N) is 2. The first-order chi connectivity index (χ1) is 15.6. The number of carbonyl (C=O) groups excluding carboxylic acids is 2. The lowest BCUT2D eigenvalue weighted by Crippen LogP contribution is -2.27. The van der Waals surface area contributed by atoms with Crippen LogP contribution < -0.4 is 22.1 Å². The molecule has 0 aliphatic rings. The van der Waals surface area contributed by atoms with Crippen molar-refractivity contribution in [1.29, 1.82) is 0 Å². The van der Waals surface area contributed by atoms with Crippen molar-refractivity contribution in [2.45, 2.75) is 79.4 Å². The number of rotatable bonds is 4. The Balaban J connectivity index is 0.000000340. The summed E-state index contributed by atoms with van der Waals surface area (Å²) in [6, 6.07) is 10.9. The summed E-state index contributed by atoms with van der Waals surface area (Å²) >= 11 is 0. The van der Waals surface area contributed by atoms with Crippen molar-refractivity contribution in [3.8, 4) is 0 Å². The number of hydrogen-bond acceptors (Lipinski definition) is 6. The number of benzene rings is 2. The Bertz CT molecular complexity index is 896. The first-order valence-electron chi connectivity index (χ1n) is 11.4. The predicted molar refractivity (Wildman–Crippen MR) is 140 cm³/mol. The van der Waals surface area contributed by atoms with E-state index in [0.717, 1.165) is 24.0 Å². The molecule has 2 amide bonds. The second kappa shape index (κ2) is 12.2. The summed E-state index contributed by atoms with van der Waals surface area (Å²) in [5, 5.41) is 5.30. The average Bonchev–Trinajstić information content (AvgIpc) is 2.65. The quantitative estimate of drug-likeness (QED) is 0.383. The summed E-state index contributed by atoms with van der Waals surface area (Å²) in [5.74, 6) is 0. The van der Waals surface area contributed by atoms with Gasteiger partial charge in [0.05, 0.1) is 0 Å². The van der Waals surface area contributed by atoms with Gasteiger partial charge in [-0.05, 0) is 89.8 Å². The summed E-state index contributed by atoms with van der Waals surface area (Å²) in [7, 11) is 0. The van der Waals surface area contributed by atoms with Gasteiger partial charge < -0.3 is 20.9 Å². The van der Waals surface area contributed by atoms with Gasteiger partial charge in [-0.2, -0.15) is 0 Å². The van der Waals surface area contributed by atoms with Crippen LogP contribution in [0.1, 0.15) is 66.5 Å². The Labute approximate surface area is 203 Å². The maximum Gasteiger partial charge on any atom is 0.412 e. The Hall–Kier alpha value is -3.42. The van der Waals surface area contributed by atoms with Crippen LogP contribution in [0.25, 0.3) is 0 Å². The zero-order chi connectivity index (χ0) is 26.1. The number of hydrogen-bond donors (Lipinski definition) is 4. The van der Waals surface area contributed by atoms with E-state index in [-0.39, 0.29) is 0 Å². The molecular formula is C26H40N4O4. The molecular weight excluding hydrogens is 432 g/mol. The smallest absolute Gasteiger partial charge is 0.412 e. The van der Waals surface area contributed by atoms with Crippen molar-refractivity contribution in [2.24, 2.45) is 0 Å². The van der Waals surface area contributed by atoms with Crippen LogP contribution in [-0.4, -0.2) is 23.4 Å². The van der Waals surface area contributed by atoms with Gasteiger partial charge in [0.25, 0.3) is 0 Å². The third kappa shape index (κ3) is 10.9. The van der Waals surface area contributed by atoms with E-state index in [1.807, 2.05) is 79.7 Å². The third-order valence-electron chi connectivity index (χ3n) is 4.34. The summed E-state index contributed by atoms with van der Waals surface area (Å²) < 4.78 is 10.3. The lowest BCUT2D eigenvalue weighted by Gasteiger charge is -2.19. The van der Waals surface area contributed by atoms with E-state index in [2.05, 4.69) is 10.6 Å². The molecule has 34 heavy (non-hydrogen) atoms. The maximum absolute atomic E-state index is 11.5. The van der Waals surface area contributed by atoms with Gasteiger partial charge in [-0.1, -0.05) is 26.0 Å². The van der Waals surface area contributed by atoms with Gasteiger partial charge in [-0.3, -0.25) is 10.6 Å². The third-order valence-corrected chi connectivity index (χ3v) is 4.34. The molecule has 188 valence electrons. The van der Waals surface area contributed by atoms with Crippen LogP contribution >= 0.6 is 0 Å². The normalized spacial score (nSPS) is 11.1. The van der Waals surface area contributed by atoms with Crippen LogP contribution in [0.2, 0.25) is 0 Å². The van der Waals surface area contributed by atoms with E-state index in [1.165, 1.54) is 0 Å². The van der Waals surface area contributed by atoms with E-state index in [4.69, 9.17) is 20.9 Å². The number of nitrogens with two attached hydrogens (primary N) is 2. The number of amides is 2. The van der Waals surface area contributed by atoms with Gasteiger partial charge >= 0.3 is 12.2 Å². The molecule has 0 heterocycles. The second-order valence-electron chi connectivity index (χ2n) is 9.79. The monoisotopic (exact) mass is 472 g/mol. The minimum absolute atomic E-state index is 0.471. The molecule has 6 N–H and O–H groups in total. The SMILES string of the molecule is CCc1ccc(NC(=O)OC(C)(C)C)cc1N.CCc1ccc(NC(=O)OC(C)(C)C)cc1N. The van der Waals surface area contributed by atoms with Crippen LogP contribution in [0, 0.1) is 0 Å². The fraction of sp³-hybridized carbons (Fsp3) is 0.462. The first kappa shape index (κ1) is 28.6. The molecule has 0 saturated carbocycles. The average molecular weight is 473 g/mol. The fourth-order valence-electron chi connectivity index (χ4n) is 2.83. The zero-order valence-electron chi connectivity index (χ0n) is 21.7. The first-order valence-corrected chi connectivity index (χ1v) is 11.4. The summed E-state index contributed by atoms with van der Waals surface area (Å²) in [6.45, 7) is 15.0. The van der Waals surface area contributed by atoms with Crippen molar-refractivity contribution in [2.75, 3.05) is 22.1 Å². The molecule has 0 fully saturated rings. The highest BCUT2D eigenvalue weighted by atomic mass is 16.6. The Morgan fingerprint density at radius 2 is 1.03 bits per heavy atom. The summed E-state index contributed by atoms with van der Waals surface area (Å²) in [5.41, 5.74) is 15.5. The molecule has 8 nitrogen and oxygen atoms in total. The number of carbonyl (C=O) groups is 2. The predicted octanol–water partition coefficient (Wildman–Crippen LogP) is 6.36. The molecule has 2 aromatic carbocycles. The number of nitrogen functional groups attached to an aromatic ring is 2. The Morgan fingerprint density at radius 1 is 0.706 bits per heavy atom. The molecule has 0 atom stereocenters. The molecule has 2 aromatic rings. The molecule has 0 aliphatic carbocycles. The maximum atomic E-state index is 11.5. The molecule has 0 bridgehead atoms. The van der Waals surface area contributed by atoms with Crippen molar-refractivity contribution < 1.29 is 19.1 Å². The highest BCUT2D eigenvalue weighted by Gasteiger charge is 2.17. The minimum Gasteiger partial charge on any atom is -0.444 e. The lowest BCUT2D eigenvalue weighted by molar-refractivity contribution is 0.0624. The van der Waals surface area contributed by atoms with Crippen LogP contribution in [0.4, 0.5) is 32.3 Å². The lowest BCUT2D eigenvalue weighted by atomic mass is 10.1. The van der Waals surface area contributed by atoms with Crippen molar-refractivity contribution in [3.05, 3.63) is 47.5 Å². The summed E-state index contributed by atoms with van der Waals surface area (Å²) in [4.78, 5) is 23.0. The van der Waals surface area contributed by atoms with Crippen molar-refractivity contribution in [3.63, 3.8) is 0 Å². The minimum atomic E-state index is -0.501. The van der Waals surface area contributed by atoms with E-state index in [9.17, 15) is 9.59 Å². The topological polar surface area (TPSA) is 129 Å². The largest absolute Gasteiger partial charge is 0.444 e. The fourth-order valence-corrected chi connectivity index (χ4v) is 2.83. The van der Waals surface area contributed by atoms with E-state index >= 15 is 0 Å². The van der Waals surface area contributed by atoms with E-state index in [0.29, 0.717) is 22.7 Å². The molecule has 0 aliphatic heterocycles. The zero-order valence-corrected chi connectivity index (χ0v) is 21.7. The molecule has 2 rings (SSSR count). The Kier molecular flexibility index (Phi) is 10.2.